The standard InChI is InChI=1S/C22H29N5OS2/c1-4-17-23-21-19(15-6-5-14(3)11-16(15)30-21)20-24-25-22(27(17)20)29-12-18(28)26-9-7-13(2)8-10-26/h13-14H,4-12H2,1-3H3/t14-/m1/s1. The van der Waals surface area contributed by atoms with Crippen LogP contribution in [-0.2, 0) is 24.1 Å². The van der Waals surface area contributed by atoms with Gasteiger partial charge in [-0.1, -0.05) is 32.5 Å². The molecule has 0 unspecified atom stereocenters. The molecule has 160 valence electrons. The molecule has 1 atom stereocenters. The Bertz CT molecular complexity index is 1100. The number of thioether (sulfide) groups is 1. The number of thiophene rings is 1. The maximum absolute atomic E-state index is 12.7. The normalized spacial score (nSPS) is 20.2. The number of aryl methyl sites for hydroxylation is 2. The Labute approximate surface area is 185 Å². The van der Waals surface area contributed by atoms with Crippen LogP contribution in [0.4, 0.5) is 0 Å². The summed E-state index contributed by atoms with van der Waals surface area (Å²) in [6.07, 6.45) is 6.49. The molecule has 4 heterocycles. The van der Waals surface area contributed by atoms with Crippen LogP contribution < -0.4 is 0 Å². The van der Waals surface area contributed by atoms with E-state index in [0.717, 1.165) is 78.5 Å². The molecule has 0 spiro atoms. The van der Waals surface area contributed by atoms with Crippen LogP contribution in [0.5, 0.6) is 0 Å². The molecule has 3 aromatic rings. The van der Waals surface area contributed by atoms with E-state index in [-0.39, 0.29) is 5.91 Å². The molecule has 1 fully saturated rings. The number of piperidine rings is 1. The third-order valence-electron chi connectivity index (χ3n) is 6.62. The largest absolute Gasteiger partial charge is 0.342 e. The summed E-state index contributed by atoms with van der Waals surface area (Å²) >= 11 is 3.33. The number of hydrogen-bond donors (Lipinski definition) is 0. The summed E-state index contributed by atoms with van der Waals surface area (Å²) in [5, 5.41) is 11.1. The second-order valence-electron chi connectivity index (χ2n) is 8.91. The Morgan fingerprint density at radius 3 is 2.73 bits per heavy atom. The van der Waals surface area contributed by atoms with Crippen molar-refractivity contribution in [2.75, 3.05) is 18.8 Å². The van der Waals surface area contributed by atoms with Crippen molar-refractivity contribution >= 4 is 44.9 Å². The van der Waals surface area contributed by atoms with Crippen LogP contribution in [0.3, 0.4) is 0 Å². The zero-order valence-electron chi connectivity index (χ0n) is 18.0. The van der Waals surface area contributed by atoms with E-state index >= 15 is 0 Å². The average molecular weight is 444 g/mol. The van der Waals surface area contributed by atoms with Crippen LogP contribution in [0, 0.1) is 11.8 Å². The predicted octanol–water partition coefficient (Wildman–Crippen LogP) is 4.38. The first kappa shape index (κ1) is 20.2. The molecule has 8 heteroatoms. The molecule has 0 saturated carbocycles. The van der Waals surface area contributed by atoms with E-state index in [4.69, 9.17) is 4.98 Å². The molecule has 5 rings (SSSR count). The van der Waals surface area contributed by atoms with Gasteiger partial charge in [0, 0.05) is 24.4 Å². The van der Waals surface area contributed by atoms with Crippen molar-refractivity contribution in [2.45, 2.75) is 64.5 Å². The predicted molar refractivity (Wildman–Crippen MR) is 122 cm³/mol. The lowest BCUT2D eigenvalue weighted by atomic mass is 9.89. The maximum atomic E-state index is 12.7. The lowest BCUT2D eigenvalue weighted by molar-refractivity contribution is -0.129. The number of likely N-dealkylation sites (tertiary alicyclic amines) is 1. The van der Waals surface area contributed by atoms with Gasteiger partial charge in [0.1, 0.15) is 10.7 Å². The zero-order valence-corrected chi connectivity index (χ0v) is 19.6. The Morgan fingerprint density at radius 1 is 1.17 bits per heavy atom. The molecule has 1 amide bonds. The number of nitrogens with zero attached hydrogens (tertiary/aromatic N) is 5. The van der Waals surface area contributed by atoms with Crippen molar-refractivity contribution in [1.82, 2.24) is 24.5 Å². The molecule has 2 aliphatic rings. The number of carbonyl (C=O) groups excluding carboxylic acids is 1. The Hall–Kier alpha value is -1.67. The fourth-order valence-electron chi connectivity index (χ4n) is 4.68. The lowest BCUT2D eigenvalue weighted by Gasteiger charge is -2.30. The van der Waals surface area contributed by atoms with Gasteiger partial charge in [-0.2, -0.15) is 0 Å². The highest BCUT2D eigenvalue weighted by Gasteiger charge is 2.26. The third kappa shape index (κ3) is 3.51. The highest BCUT2D eigenvalue weighted by atomic mass is 32.2. The molecule has 1 saturated heterocycles. The molecular weight excluding hydrogens is 414 g/mol. The van der Waals surface area contributed by atoms with Gasteiger partial charge in [-0.15, -0.1) is 21.5 Å². The van der Waals surface area contributed by atoms with E-state index in [0.29, 0.717) is 5.75 Å². The van der Waals surface area contributed by atoms with Gasteiger partial charge in [0.25, 0.3) is 0 Å². The molecule has 30 heavy (non-hydrogen) atoms. The van der Waals surface area contributed by atoms with Crippen LogP contribution in [0.1, 0.15) is 56.3 Å². The van der Waals surface area contributed by atoms with E-state index in [1.54, 1.807) is 0 Å². The summed E-state index contributed by atoms with van der Waals surface area (Å²) in [6.45, 7) is 8.48. The Balaban J connectivity index is 1.46. The number of fused-ring (bicyclic) bond motifs is 5. The van der Waals surface area contributed by atoms with E-state index in [1.807, 2.05) is 16.2 Å². The van der Waals surface area contributed by atoms with Crippen LogP contribution in [-0.4, -0.2) is 49.2 Å². The molecule has 1 aliphatic carbocycles. The maximum Gasteiger partial charge on any atom is 0.233 e. The van der Waals surface area contributed by atoms with Crippen molar-refractivity contribution in [2.24, 2.45) is 11.8 Å². The SMILES string of the molecule is CCc1nc2sc3c(c2c2nnc(SCC(=O)N4CCC(C)CC4)n12)CC[C@@H](C)C3. The molecular formula is C22H29N5OS2. The van der Waals surface area contributed by atoms with Gasteiger partial charge in [0.2, 0.25) is 5.91 Å². The van der Waals surface area contributed by atoms with Gasteiger partial charge < -0.3 is 4.90 Å². The van der Waals surface area contributed by atoms with E-state index in [9.17, 15) is 4.79 Å². The molecule has 3 aromatic heterocycles. The monoisotopic (exact) mass is 443 g/mol. The summed E-state index contributed by atoms with van der Waals surface area (Å²) in [6, 6.07) is 0. The minimum atomic E-state index is 0.206. The molecule has 0 aromatic carbocycles. The summed E-state index contributed by atoms with van der Waals surface area (Å²) in [7, 11) is 0. The van der Waals surface area contributed by atoms with Gasteiger partial charge in [-0.05, 0) is 49.5 Å². The second kappa shape index (κ2) is 8.11. The highest BCUT2D eigenvalue weighted by Crippen LogP contribution is 2.39. The summed E-state index contributed by atoms with van der Waals surface area (Å²) in [5.41, 5.74) is 2.35. The van der Waals surface area contributed by atoms with Gasteiger partial charge in [0.15, 0.2) is 10.8 Å². The summed E-state index contributed by atoms with van der Waals surface area (Å²) in [5.74, 6) is 3.06. The zero-order chi connectivity index (χ0) is 20.8. The molecule has 1 aliphatic heterocycles. The van der Waals surface area contributed by atoms with Crippen molar-refractivity contribution in [3.05, 3.63) is 16.3 Å². The second-order valence-corrected chi connectivity index (χ2v) is 10.9. The number of carbonyl (C=O) groups is 1. The van der Waals surface area contributed by atoms with Crippen molar-refractivity contribution < 1.29 is 4.79 Å². The van der Waals surface area contributed by atoms with Crippen LogP contribution >= 0.6 is 23.1 Å². The highest BCUT2D eigenvalue weighted by molar-refractivity contribution is 7.99. The lowest BCUT2D eigenvalue weighted by Crippen LogP contribution is -2.38. The number of amides is 1. The molecule has 0 N–H and O–H groups in total. The summed E-state index contributed by atoms with van der Waals surface area (Å²) in [4.78, 5) is 22.3. The first-order valence-electron chi connectivity index (χ1n) is 11.1. The number of hydrogen-bond acceptors (Lipinski definition) is 6. The smallest absolute Gasteiger partial charge is 0.233 e. The fraction of sp³-hybridized carbons (Fsp3) is 0.636. The van der Waals surface area contributed by atoms with Gasteiger partial charge in [0.05, 0.1) is 11.1 Å². The minimum Gasteiger partial charge on any atom is -0.342 e. The average Bonchev–Trinajstić information content (AvgIpc) is 3.32. The van der Waals surface area contributed by atoms with Crippen LogP contribution in [0.25, 0.3) is 15.9 Å². The van der Waals surface area contributed by atoms with Gasteiger partial charge in [-0.25, -0.2) is 4.98 Å². The van der Waals surface area contributed by atoms with Gasteiger partial charge >= 0.3 is 0 Å². The Morgan fingerprint density at radius 2 is 1.97 bits per heavy atom. The topological polar surface area (TPSA) is 63.4 Å². The van der Waals surface area contributed by atoms with Crippen molar-refractivity contribution in [3.8, 4) is 0 Å². The summed E-state index contributed by atoms with van der Waals surface area (Å²) < 4.78 is 2.10. The first-order valence-corrected chi connectivity index (χ1v) is 12.9. The first-order chi connectivity index (χ1) is 14.5. The quantitative estimate of drug-likeness (QED) is 0.560. The number of aromatic nitrogens is 4. The minimum absolute atomic E-state index is 0.206. The fourth-order valence-corrected chi connectivity index (χ4v) is 6.93. The third-order valence-corrected chi connectivity index (χ3v) is 8.68. The van der Waals surface area contributed by atoms with E-state index < -0.39 is 0 Å². The molecule has 0 radical (unpaired) electrons. The number of rotatable bonds is 4. The van der Waals surface area contributed by atoms with E-state index in [2.05, 4.69) is 35.4 Å². The molecule has 6 nitrogen and oxygen atoms in total. The van der Waals surface area contributed by atoms with Crippen LogP contribution in [0.2, 0.25) is 0 Å². The van der Waals surface area contributed by atoms with Crippen molar-refractivity contribution in [3.63, 3.8) is 0 Å². The van der Waals surface area contributed by atoms with Gasteiger partial charge in [-0.3, -0.25) is 9.20 Å². The Kier molecular flexibility index (Phi) is 5.47. The van der Waals surface area contributed by atoms with E-state index in [1.165, 1.54) is 34.0 Å². The van der Waals surface area contributed by atoms with Crippen molar-refractivity contribution in [1.29, 1.82) is 0 Å². The van der Waals surface area contributed by atoms with Crippen LogP contribution in [0.15, 0.2) is 5.16 Å². The molecule has 0 bridgehead atoms.